The second-order valence-electron chi connectivity index (χ2n) is 1.90. The lowest BCUT2D eigenvalue weighted by molar-refractivity contribution is 0.282. The Balaban J connectivity index is 2.67. The molecule has 0 atom stereocenters. The molecule has 0 amide bonds. The van der Waals surface area contributed by atoms with Gasteiger partial charge in [-0.05, 0) is 6.08 Å². The molecule has 0 radical (unpaired) electrons. The average molecular weight is 125 g/mol. The molecule has 2 heteroatoms. The van der Waals surface area contributed by atoms with E-state index >= 15 is 0 Å². The lowest BCUT2D eigenvalue weighted by Crippen LogP contribution is -2.04. The minimum atomic E-state index is 0.923. The minimum Gasteiger partial charge on any atom is -0.499 e. The van der Waals surface area contributed by atoms with E-state index in [1.54, 1.807) is 7.11 Å². The molecule has 0 aromatic heterocycles. The highest BCUT2D eigenvalue weighted by Gasteiger charge is 2.05. The molecule has 0 saturated carbocycles. The van der Waals surface area contributed by atoms with E-state index in [1.165, 1.54) is 0 Å². The Labute approximate surface area is 55.2 Å². The van der Waals surface area contributed by atoms with E-state index in [4.69, 9.17) is 4.74 Å². The molecule has 1 aliphatic rings. The van der Waals surface area contributed by atoms with Gasteiger partial charge in [-0.15, -0.1) is 0 Å². The quantitative estimate of drug-likeness (QED) is 0.595. The molecular formula is C7H11NO. The van der Waals surface area contributed by atoms with Gasteiger partial charge in [-0.25, -0.2) is 0 Å². The fourth-order valence-electron chi connectivity index (χ4n) is 0.903. The zero-order valence-corrected chi connectivity index (χ0v) is 5.77. The fraction of sp³-hybridized carbons (Fsp3) is 0.429. The van der Waals surface area contributed by atoms with Crippen molar-refractivity contribution in [1.82, 2.24) is 5.32 Å². The maximum absolute atomic E-state index is 5.07. The van der Waals surface area contributed by atoms with Gasteiger partial charge < -0.3 is 10.1 Å². The number of likely N-dealkylation sites (N-methyl/N-ethyl adjacent to an activating group) is 1. The van der Waals surface area contributed by atoms with Crippen LogP contribution in [0.2, 0.25) is 0 Å². The monoisotopic (exact) mass is 125 g/mol. The Morgan fingerprint density at radius 1 is 1.67 bits per heavy atom. The number of ether oxygens (including phenoxy) is 1. The van der Waals surface area contributed by atoms with E-state index in [-0.39, 0.29) is 0 Å². The van der Waals surface area contributed by atoms with Gasteiger partial charge in [0.1, 0.15) is 5.76 Å². The van der Waals surface area contributed by atoms with Crippen molar-refractivity contribution in [2.24, 2.45) is 0 Å². The molecule has 1 aliphatic carbocycles. The third kappa shape index (κ3) is 1.07. The Morgan fingerprint density at radius 2 is 2.44 bits per heavy atom. The largest absolute Gasteiger partial charge is 0.499 e. The molecule has 0 bridgehead atoms. The summed E-state index contributed by atoms with van der Waals surface area (Å²) >= 11 is 0. The van der Waals surface area contributed by atoms with Crippen LogP contribution in [0.1, 0.15) is 6.42 Å². The van der Waals surface area contributed by atoms with Crippen molar-refractivity contribution < 1.29 is 4.74 Å². The second kappa shape index (κ2) is 2.58. The summed E-state index contributed by atoms with van der Waals surface area (Å²) < 4.78 is 5.07. The van der Waals surface area contributed by atoms with Gasteiger partial charge in [0, 0.05) is 13.5 Å². The van der Waals surface area contributed by atoms with E-state index in [1.807, 2.05) is 13.1 Å². The van der Waals surface area contributed by atoms with E-state index in [9.17, 15) is 0 Å². The van der Waals surface area contributed by atoms with Crippen LogP contribution in [0.25, 0.3) is 0 Å². The predicted octanol–water partition coefficient (Wildman–Crippen LogP) is 1.02. The SMILES string of the molecule is CNC1=C(OC)CC=C1. The summed E-state index contributed by atoms with van der Waals surface area (Å²) in [6, 6.07) is 0. The first-order valence-electron chi connectivity index (χ1n) is 3.00. The summed E-state index contributed by atoms with van der Waals surface area (Å²) in [5.41, 5.74) is 1.09. The van der Waals surface area contributed by atoms with Gasteiger partial charge in [0.05, 0.1) is 12.8 Å². The third-order valence-corrected chi connectivity index (χ3v) is 1.40. The molecule has 1 rings (SSSR count). The van der Waals surface area contributed by atoms with Crippen molar-refractivity contribution >= 4 is 0 Å². The van der Waals surface area contributed by atoms with Gasteiger partial charge in [-0.1, -0.05) is 6.08 Å². The van der Waals surface area contributed by atoms with Crippen LogP contribution in [-0.2, 0) is 4.74 Å². The number of allylic oxidation sites excluding steroid dienone is 2. The van der Waals surface area contributed by atoms with Crippen molar-refractivity contribution in [2.75, 3.05) is 14.2 Å². The van der Waals surface area contributed by atoms with Crippen LogP contribution in [0.5, 0.6) is 0 Å². The Morgan fingerprint density at radius 3 is 2.89 bits per heavy atom. The summed E-state index contributed by atoms with van der Waals surface area (Å²) in [6.45, 7) is 0. The average Bonchev–Trinajstić information content (AvgIpc) is 2.33. The topological polar surface area (TPSA) is 21.3 Å². The van der Waals surface area contributed by atoms with Crippen molar-refractivity contribution in [3.05, 3.63) is 23.6 Å². The van der Waals surface area contributed by atoms with Gasteiger partial charge in [0.15, 0.2) is 0 Å². The van der Waals surface area contributed by atoms with E-state index in [0.717, 1.165) is 17.9 Å². The van der Waals surface area contributed by atoms with Gasteiger partial charge in [-0.3, -0.25) is 0 Å². The lowest BCUT2D eigenvalue weighted by Gasteiger charge is -2.02. The Bertz CT molecular complexity index is 158. The molecule has 50 valence electrons. The van der Waals surface area contributed by atoms with Crippen molar-refractivity contribution in [3.8, 4) is 0 Å². The van der Waals surface area contributed by atoms with Gasteiger partial charge >= 0.3 is 0 Å². The maximum atomic E-state index is 5.07. The predicted molar refractivity (Wildman–Crippen MR) is 36.9 cm³/mol. The van der Waals surface area contributed by atoms with Gasteiger partial charge in [0.25, 0.3) is 0 Å². The summed E-state index contributed by atoms with van der Waals surface area (Å²) in [5, 5.41) is 3.03. The highest BCUT2D eigenvalue weighted by Crippen LogP contribution is 2.15. The zero-order valence-electron chi connectivity index (χ0n) is 5.77. The first-order chi connectivity index (χ1) is 4.38. The molecule has 0 fully saturated rings. The molecule has 9 heavy (non-hydrogen) atoms. The zero-order chi connectivity index (χ0) is 6.69. The van der Waals surface area contributed by atoms with E-state index in [2.05, 4.69) is 11.4 Å². The van der Waals surface area contributed by atoms with Crippen LogP contribution >= 0.6 is 0 Å². The van der Waals surface area contributed by atoms with Gasteiger partial charge in [0.2, 0.25) is 0 Å². The summed E-state index contributed by atoms with van der Waals surface area (Å²) in [4.78, 5) is 0. The first kappa shape index (κ1) is 6.20. The van der Waals surface area contributed by atoms with Crippen LogP contribution in [0.4, 0.5) is 0 Å². The van der Waals surface area contributed by atoms with E-state index < -0.39 is 0 Å². The highest BCUT2D eigenvalue weighted by molar-refractivity contribution is 5.28. The van der Waals surface area contributed by atoms with Crippen LogP contribution in [0.15, 0.2) is 23.6 Å². The minimum absolute atomic E-state index is 0.923. The third-order valence-electron chi connectivity index (χ3n) is 1.40. The van der Waals surface area contributed by atoms with Crippen LogP contribution in [0.3, 0.4) is 0 Å². The molecule has 0 unspecified atom stereocenters. The summed E-state index contributed by atoms with van der Waals surface area (Å²) in [6.07, 6.45) is 5.02. The summed E-state index contributed by atoms with van der Waals surface area (Å²) in [7, 11) is 3.59. The van der Waals surface area contributed by atoms with Crippen LogP contribution in [-0.4, -0.2) is 14.2 Å². The van der Waals surface area contributed by atoms with Gasteiger partial charge in [-0.2, -0.15) is 0 Å². The number of hydrogen-bond acceptors (Lipinski definition) is 2. The molecule has 0 aliphatic heterocycles. The fourth-order valence-corrected chi connectivity index (χ4v) is 0.903. The molecular weight excluding hydrogens is 114 g/mol. The molecule has 2 nitrogen and oxygen atoms in total. The summed E-state index contributed by atoms with van der Waals surface area (Å²) in [5.74, 6) is 1.03. The second-order valence-corrected chi connectivity index (χ2v) is 1.90. The highest BCUT2D eigenvalue weighted by atomic mass is 16.5. The Hall–Kier alpha value is -0.920. The molecule has 0 aromatic carbocycles. The normalized spacial score (nSPS) is 16.7. The van der Waals surface area contributed by atoms with Crippen molar-refractivity contribution in [1.29, 1.82) is 0 Å². The number of hydrogen-bond donors (Lipinski definition) is 1. The van der Waals surface area contributed by atoms with Crippen LogP contribution < -0.4 is 5.32 Å². The molecule has 0 aromatic rings. The van der Waals surface area contributed by atoms with Crippen LogP contribution in [0, 0.1) is 0 Å². The number of methoxy groups -OCH3 is 1. The first-order valence-corrected chi connectivity index (χ1v) is 3.00. The molecule has 0 heterocycles. The maximum Gasteiger partial charge on any atom is 0.122 e. The molecule has 1 N–H and O–H groups in total. The van der Waals surface area contributed by atoms with E-state index in [0.29, 0.717) is 0 Å². The smallest absolute Gasteiger partial charge is 0.122 e. The molecule has 0 saturated heterocycles. The van der Waals surface area contributed by atoms with Crippen molar-refractivity contribution in [3.63, 3.8) is 0 Å². The molecule has 0 spiro atoms. The van der Waals surface area contributed by atoms with Crippen molar-refractivity contribution in [2.45, 2.75) is 6.42 Å². The lowest BCUT2D eigenvalue weighted by atomic mass is 10.4. The number of nitrogens with one attached hydrogen (secondary N) is 1. The Kier molecular flexibility index (Phi) is 1.78. The standard InChI is InChI=1S/C7H11NO/c1-8-6-4-3-5-7(6)9-2/h3-4,8H,5H2,1-2H3. The number of rotatable bonds is 2.